The van der Waals surface area contributed by atoms with Crippen molar-refractivity contribution in [1.29, 1.82) is 0 Å². The van der Waals surface area contributed by atoms with Crippen LogP contribution in [0.5, 0.6) is 0 Å². The summed E-state index contributed by atoms with van der Waals surface area (Å²) in [5.74, 6) is -1.22. The topological polar surface area (TPSA) is 36.4 Å². The fourth-order valence-corrected chi connectivity index (χ4v) is 2.29. The Bertz CT molecular complexity index is 530. The van der Waals surface area contributed by atoms with Gasteiger partial charge in [0.25, 0.3) is 5.91 Å². The van der Waals surface area contributed by atoms with Crippen LogP contribution in [0.25, 0.3) is 0 Å². The molecule has 1 aromatic heterocycles. The molecule has 0 atom stereocenters. The molecule has 1 aliphatic rings. The highest BCUT2D eigenvalue weighted by atomic mass is 35.5. The lowest BCUT2D eigenvalue weighted by molar-refractivity contribution is -0.148. The minimum atomic E-state index is -4.26. The highest BCUT2D eigenvalue weighted by molar-refractivity contribution is 6.32. The maximum Gasteiger partial charge on any atom is 0.401 e. The molecule has 1 saturated heterocycles. The van der Waals surface area contributed by atoms with Crippen molar-refractivity contribution in [2.45, 2.75) is 6.18 Å². The smallest absolute Gasteiger partial charge is 0.336 e. The van der Waals surface area contributed by atoms with Crippen LogP contribution in [0.15, 0.2) is 12.3 Å². The molecule has 1 aromatic rings. The number of rotatable bonds is 2. The minimum absolute atomic E-state index is 0.0825. The van der Waals surface area contributed by atoms with Crippen molar-refractivity contribution in [3.05, 3.63) is 28.8 Å². The second-order valence-electron chi connectivity index (χ2n) is 4.68. The second-order valence-corrected chi connectivity index (χ2v) is 5.03. The molecule has 1 fully saturated rings. The summed E-state index contributed by atoms with van der Waals surface area (Å²) < 4.78 is 49.9. The fourth-order valence-electron chi connectivity index (χ4n) is 2.11. The van der Waals surface area contributed by atoms with Crippen molar-refractivity contribution < 1.29 is 22.4 Å². The standard InChI is InChI=1S/C12H12ClF4N3O/c13-10-9(5-8(14)6-18-10)11(21)20-3-1-19(2-4-20)7-12(15,16)17/h5-6H,1-4,7H2. The third kappa shape index (κ3) is 4.28. The van der Waals surface area contributed by atoms with E-state index in [4.69, 9.17) is 11.6 Å². The van der Waals surface area contributed by atoms with Crippen molar-refractivity contribution in [2.24, 2.45) is 0 Å². The van der Waals surface area contributed by atoms with Gasteiger partial charge < -0.3 is 4.90 Å². The molecule has 0 aliphatic carbocycles. The van der Waals surface area contributed by atoms with Crippen LogP contribution in [0.4, 0.5) is 17.6 Å². The van der Waals surface area contributed by atoms with E-state index in [0.717, 1.165) is 12.3 Å². The molecule has 1 aliphatic heterocycles. The van der Waals surface area contributed by atoms with Gasteiger partial charge in [0.2, 0.25) is 0 Å². The zero-order valence-corrected chi connectivity index (χ0v) is 11.6. The van der Waals surface area contributed by atoms with Crippen LogP contribution in [0.1, 0.15) is 10.4 Å². The summed E-state index contributed by atoms with van der Waals surface area (Å²) in [5, 5.41) is -0.126. The third-order valence-corrected chi connectivity index (χ3v) is 3.40. The molecule has 9 heteroatoms. The van der Waals surface area contributed by atoms with Crippen molar-refractivity contribution in [1.82, 2.24) is 14.8 Å². The van der Waals surface area contributed by atoms with E-state index in [-0.39, 0.29) is 36.9 Å². The Morgan fingerprint density at radius 3 is 2.48 bits per heavy atom. The van der Waals surface area contributed by atoms with Gasteiger partial charge in [-0.2, -0.15) is 13.2 Å². The molecule has 0 bridgehead atoms. The molecule has 0 aromatic carbocycles. The van der Waals surface area contributed by atoms with E-state index in [9.17, 15) is 22.4 Å². The van der Waals surface area contributed by atoms with Gasteiger partial charge in [-0.25, -0.2) is 9.37 Å². The van der Waals surface area contributed by atoms with E-state index in [1.165, 1.54) is 9.80 Å². The summed E-state index contributed by atoms with van der Waals surface area (Å²) >= 11 is 5.74. The summed E-state index contributed by atoms with van der Waals surface area (Å²) in [6.45, 7) is -0.544. The summed E-state index contributed by atoms with van der Waals surface area (Å²) in [5.41, 5.74) is -0.0825. The van der Waals surface area contributed by atoms with Crippen LogP contribution in [0.2, 0.25) is 5.15 Å². The Balaban J connectivity index is 1.99. The first-order chi connectivity index (χ1) is 9.76. The van der Waals surface area contributed by atoms with E-state index in [2.05, 4.69) is 4.98 Å². The highest BCUT2D eigenvalue weighted by Crippen LogP contribution is 2.20. The van der Waals surface area contributed by atoms with Crippen LogP contribution in [0, 0.1) is 5.82 Å². The summed E-state index contributed by atoms with van der Waals surface area (Å²) in [6, 6.07) is 0.972. The molecule has 2 heterocycles. The lowest BCUT2D eigenvalue weighted by Gasteiger charge is -2.35. The average molecular weight is 326 g/mol. The Kier molecular flexibility index (Phi) is 4.67. The molecule has 1 amide bonds. The average Bonchev–Trinajstić information content (AvgIpc) is 2.40. The molecule has 0 unspecified atom stereocenters. The van der Waals surface area contributed by atoms with Crippen molar-refractivity contribution in [3.63, 3.8) is 0 Å². The molecule has 2 rings (SSSR count). The predicted molar refractivity (Wildman–Crippen MR) is 67.6 cm³/mol. The van der Waals surface area contributed by atoms with E-state index in [1.807, 2.05) is 0 Å². The van der Waals surface area contributed by atoms with Crippen molar-refractivity contribution in [2.75, 3.05) is 32.7 Å². The Morgan fingerprint density at radius 1 is 1.29 bits per heavy atom. The first kappa shape index (κ1) is 16.0. The Labute approximate surface area is 123 Å². The monoisotopic (exact) mass is 325 g/mol. The molecule has 21 heavy (non-hydrogen) atoms. The van der Waals surface area contributed by atoms with E-state index in [0.29, 0.717) is 0 Å². The molecule has 0 N–H and O–H groups in total. The summed E-state index contributed by atoms with van der Waals surface area (Å²) in [6.07, 6.45) is -3.37. The number of halogens is 5. The first-order valence-electron chi connectivity index (χ1n) is 6.16. The Hall–Kier alpha value is -1.41. The van der Waals surface area contributed by atoms with Gasteiger partial charge in [0.15, 0.2) is 0 Å². The summed E-state index contributed by atoms with van der Waals surface area (Å²) in [4.78, 5) is 18.3. The number of hydrogen-bond acceptors (Lipinski definition) is 3. The predicted octanol–water partition coefficient (Wildman–Crippen LogP) is 2.19. The normalized spacial score (nSPS) is 17.1. The quantitative estimate of drug-likeness (QED) is 0.618. The number of nitrogens with zero attached hydrogens (tertiary/aromatic N) is 3. The van der Waals surface area contributed by atoms with Gasteiger partial charge in [0, 0.05) is 26.2 Å². The van der Waals surface area contributed by atoms with Crippen LogP contribution >= 0.6 is 11.6 Å². The number of piperazine rings is 1. The zero-order valence-electron chi connectivity index (χ0n) is 10.8. The Morgan fingerprint density at radius 2 is 1.90 bits per heavy atom. The van der Waals surface area contributed by atoms with Gasteiger partial charge in [-0.15, -0.1) is 0 Å². The van der Waals surface area contributed by atoms with Gasteiger partial charge in [0.05, 0.1) is 18.3 Å². The lowest BCUT2D eigenvalue weighted by atomic mass is 10.2. The molecular weight excluding hydrogens is 314 g/mol. The summed E-state index contributed by atoms with van der Waals surface area (Å²) in [7, 11) is 0. The molecule has 116 valence electrons. The molecule has 0 saturated carbocycles. The molecule has 0 radical (unpaired) electrons. The number of aromatic nitrogens is 1. The maximum absolute atomic E-state index is 13.1. The maximum atomic E-state index is 13.1. The number of carbonyl (C=O) groups excluding carboxylic acids is 1. The number of hydrogen-bond donors (Lipinski definition) is 0. The van der Waals surface area contributed by atoms with Crippen LogP contribution in [-0.2, 0) is 0 Å². The van der Waals surface area contributed by atoms with E-state index >= 15 is 0 Å². The largest absolute Gasteiger partial charge is 0.401 e. The number of carbonyl (C=O) groups is 1. The number of pyridine rings is 1. The van der Waals surface area contributed by atoms with Gasteiger partial charge in [-0.3, -0.25) is 9.69 Å². The van der Waals surface area contributed by atoms with Crippen molar-refractivity contribution >= 4 is 17.5 Å². The second kappa shape index (κ2) is 6.15. The lowest BCUT2D eigenvalue weighted by Crippen LogP contribution is -2.51. The highest BCUT2D eigenvalue weighted by Gasteiger charge is 2.33. The van der Waals surface area contributed by atoms with Gasteiger partial charge in [-0.05, 0) is 6.07 Å². The number of alkyl halides is 3. The van der Waals surface area contributed by atoms with E-state index in [1.54, 1.807) is 0 Å². The van der Waals surface area contributed by atoms with Crippen LogP contribution in [-0.4, -0.2) is 59.6 Å². The van der Waals surface area contributed by atoms with Gasteiger partial charge in [-0.1, -0.05) is 11.6 Å². The van der Waals surface area contributed by atoms with Crippen LogP contribution < -0.4 is 0 Å². The minimum Gasteiger partial charge on any atom is -0.336 e. The zero-order chi connectivity index (χ0) is 15.6. The SMILES string of the molecule is O=C(c1cc(F)cnc1Cl)N1CCN(CC(F)(F)F)CC1. The van der Waals surface area contributed by atoms with Crippen molar-refractivity contribution in [3.8, 4) is 0 Å². The third-order valence-electron chi connectivity index (χ3n) is 3.10. The molecule has 4 nitrogen and oxygen atoms in total. The van der Waals surface area contributed by atoms with E-state index < -0.39 is 24.4 Å². The fraction of sp³-hybridized carbons (Fsp3) is 0.500. The number of amides is 1. The van der Waals surface area contributed by atoms with Gasteiger partial charge >= 0.3 is 6.18 Å². The van der Waals surface area contributed by atoms with Gasteiger partial charge in [0.1, 0.15) is 11.0 Å². The first-order valence-corrected chi connectivity index (χ1v) is 6.53. The van der Waals surface area contributed by atoms with Crippen LogP contribution in [0.3, 0.4) is 0 Å². The molecular formula is C12H12ClF4N3O. The molecule has 0 spiro atoms.